The first-order valence-corrected chi connectivity index (χ1v) is 6.08. The van der Waals surface area contributed by atoms with Crippen molar-refractivity contribution in [2.24, 2.45) is 4.99 Å². The van der Waals surface area contributed by atoms with Crippen LogP contribution in [-0.4, -0.2) is 18.0 Å². The quantitative estimate of drug-likeness (QED) is 0.658. The Morgan fingerprint density at radius 1 is 1.37 bits per heavy atom. The first-order chi connectivity index (χ1) is 9.18. The topological polar surface area (TPSA) is 68.1 Å². The minimum Gasteiger partial charge on any atom is -0.504 e. The van der Waals surface area contributed by atoms with E-state index >= 15 is 0 Å². The summed E-state index contributed by atoms with van der Waals surface area (Å²) in [5.41, 5.74) is -0.622. The molecule has 0 aromatic heterocycles. The lowest BCUT2D eigenvalue weighted by Gasteiger charge is -2.24. The van der Waals surface area contributed by atoms with Crippen molar-refractivity contribution in [3.8, 4) is 17.2 Å². The molecule has 19 heavy (non-hydrogen) atoms. The second-order valence-electron chi connectivity index (χ2n) is 4.76. The summed E-state index contributed by atoms with van der Waals surface area (Å²) in [6.07, 6.45) is 4.41. The maximum atomic E-state index is 14.0. The van der Waals surface area contributed by atoms with E-state index in [1.165, 1.54) is 12.1 Å². The van der Waals surface area contributed by atoms with Crippen molar-refractivity contribution in [3.05, 3.63) is 17.4 Å². The van der Waals surface area contributed by atoms with E-state index in [1.807, 2.05) is 0 Å². The third-order valence-electron chi connectivity index (χ3n) is 3.77. The fourth-order valence-corrected chi connectivity index (χ4v) is 2.84. The van der Waals surface area contributed by atoms with Gasteiger partial charge in [0.15, 0.2) is 11.5 Å². The lowest BCUT2D eigenvalue weighted by atomic mass is 9.87. The number of isocyanates is 1. The summed E-state index contributed by atoms with van der Waals surface area (Å²) in [6, 6.07) is 1.51. The Morgan fingerprint density at radius 3 is 2.79 bits per heavy atom. The van der Waals surface area contributed by atoms with Gasteiger partial charge in [-0.15, -0.1) is 0 Å². The number of hydrogen-bond acceptors (Lipinski definition) is 5. The van der Waals surface area contributed by atoms with E-state index < -0.39 is 17.1 Å². The molecule has 1 heterocycles. The van der Waals surface area contributed by atoms with Gasteiger partial charge in [-0.2, -0.15) is 9.38 Å². The van der Waals surface area contributed by atoms with Crippen molar-refractivity contribution in [2.75, 3.05) is 6.79 Å². The van der Waals surface area contributed by atoms with Crippen LogP contribution in [0.5, 0.6) is 17.2 Å². The fourth-order valence-electron chi connectivity index (χ4n) is 2.84. The van der Waals surface area contributed by atoms with Gasteiger partial charge in [-0.25, -0.2) is 4.79 Å². The molecule has 1 aliphatic heterocycles. The van der Waals surface area contributed by atoms with Gasteiger partial charge in [0.1, 0.15) is 5.54 Å². The lowest BCUT2D eigenvalue weighted by Crippen LogP contribution is -2.19. The third kappa shape index (κ3) is 1.68. The van der Waals surface area contributed by atoms with Crippen LogP contribution in [0.3, 0.4) is 0 Å². The Bertz CT molecular complexity index is 574. The number of ether oxygens (including phenoxy) is 2. The summed E-state index contributed by atoms with van der Waals surface area (Å²) in [7, 11) is 0. The minimum absolute atomic E-state index is 0.0842. The van der Waals surface area contributed by atoms with Crippen LogP contribution in [0.25, 0.3) is 0 Å². The molecular weight excluding hydrogens is 253 g/mol. The maximum Gasteiger partial charge on any atom is 0.235 e. The van der Waals surface area contributed by atoms with E-state index in [-0.39, 0.29) is 23.9 Å². The van der Waals surface area contributed by atoms with Crippen LogP contribution >= 0.6 is 0 Å². The van der Waals surface area contributed by atoms with Crippen molar-refractivity contribution >= 4 is 6.08 Å². The second kappa shape index (κ2) is 4.24. The number of fused-ring (bicyclic) bond motifs is 1. The molecule has 1 aromatic carbocycles. The van der Waals surface area contributed by atoms with Crippen LogP contribution < -0.4 is 9.47 Å². The Balaban J connectivity index is 2.19. The van der Waals surface area contributed by atoms with Gasteiger partial charge in [0.2, 0.25) is 24.4 Å². The molecule has 3 rings (SSSR count). The molecule has 1 aromatic rings. The zero-order valence-corrected chi connectivity index (χ0v) is 10.1. The minimum atomic E-state index is -0.895. The molecule has 0 spiro atoms. The van der Waals surface area contributed by atoms with Crippen molar-refractivity contribution in [1.82, 2.24) is 0 Å². The van der Waals surface area contributed by atoms with Crippen LogP contribution in [0.15, 0.2) is 11.1 Å². The Morgan fingerprint density at radius 2 is 2.11 bits per heavy atom. The molecule has 0 unspecified atom stereocenters. The Kier molecular flexibility index (Phi) is 2.68. The van der Waals surface area contributed by atoms with Gasteiger partial charge in [-0.05, 0) is 18.9 Å². The van der Waals surface area contributed by atoms with Gasteiger partial charge in [-0.3, -0.25) is 0 Å². The molecule has 1 saturated carbocycles. The molecule has 0 bridgehead atoms. The summed E-state index contributed by atoms with van der Waals surface area (Å²) in [4.78, 5) is 14.5. The molecule has 1 N–H and O–H groups in total. The van der Waals surface area contributed by atoms with E-state index in [0.717, 1.165) is 12.8 Å². The molecule has 5 nitrogen and oxygen atoms in total. The van der Waals surface area contributed by atoms with E-state index in [9.17, 15) is 14.3 Å². The molecule has 100 valence electrons. The van der Waals surface area contributed by atoms with Crippen LogP contribution in [0.2, 0.25) is 0 Å². The fraction of sp³-hybridized carbons (Fsp3) is 0.462. The number of phenolic OH excluding ortho intramolecular Hbond substituents is 1. The smallest absolute Gasteiger partial charge is 0.235 e. The molecule has 1 fully saturated rings. The van der Waals surface area contributed by atoms with Gasteiger partial charge >= 0.3 is 0 Å². The van der Waals surface area contributed by atoms with Crippen molar-refractivity contribution in [1.29, 1.82) is 0 Å². The Labute approximate surface area is 108 Å². The number of rotatable bonds is 2. The molecule has 2 aliphatic rings. The summed E-state index contributed by atoms with van der Waals surface area (Å²) in [6.45, 7) is -0.0842. The predicted molar refractivity (Wildman–Crippen MR) is 62.5 cm³/mol. The van der Waals surface area contributed by atoms with Crippen molar-refractivity contribution < 1.29 is 23.8 Å². The highest BCUT2D eigenvalue weighted by Crippen LogP contribution is 2.50. The van der Waals surface area contributed by atoms with Gasteiger partial charge in [0.05, 0.1) is 0 Å². The van der Waals surface area contributed by atoms with Gasteiger partial charge < -0.3 is 14.6 Å². The van der Waals surface area contributed by atoms with Crippen LogP contribution in [0, 0.1) is 5.82 Å². The van der Waals surface area contributed by atoms with E-state index in [4.69, 9.17) is 9.47 Å². The molecule has 0 atom stereocenters. The SMILES string of the molecule is O=C=NC1(c2cc3c(c(F)c2O)OCO3)CCCC1. The third-order valence-corrected chi connectivity index (χ3v) is 3.77. The lowest BCUT2D eigenvalue weighted by molar-refractivity contribution is 0.170. The second-order valence-corrected chi connectivity index (χ2v) is 4.76. The van der Waals surface area contributed by atoms with E-state index in [1.54, 1.807) is 0 Å². The number of phenols is 1. The van der Waals surface area contributed by atoms with E-state index in [0.29, 0.717) is 12.8 Å². The number of benzene rings is 1. The summed E-state index contributed by atoms with van der Waals surface area (Å²) in [5, 5.41) is 10.0. The summed E-state index contributed by atoms with van der Waals surface area (Å²) < 4.78 is 24.1. The van der Waals surface area contributed by atoms with Gasteiger partial charge in [0.25, 0.3) is 0 Å². The first kappa shape index (κ1) is 12.0. The number of nitrogens with zero attached hydrogens (tertiary/aromatic N) is 1. The number of carbonyl (C=O) groups excluding carboxylic acids is 1. The van der Waals surface area contributed by atoms with Crippen LogP contribution in [0.4, 0.5) is 4.39 Å². The summed E-state index contributed by atoms with van der Waals surface area (Å²) >= 11 is 0. The number of halogens is 1. The van der Waals surface area contributed by atoms with Crippen LogP contribution in [-0.2, 0) is 10.3 Å². The molecule has 1 aliphatic carbocycles. The van der Waals surface area contributed by atoms with Gasteiger partial charge in [-0.1, -0.05) is 12.8 Å². The first-order valence-electron chi connectivity index (χ1n) is 6.08. The monoisotopic (exact) mass is 265 g/mol. The van der Waals surface area contributed by atoms with E-state index in [2.05, 4.69) is 4.99 Å². The molecular formula is C13H12FNO4. The highest BCUT2D eigenvalue weighted by atomic mass is 19.1. The Hall–Kier alpha value is -2.07. The number of aromatic hydroxyl groups is 1. The highest BCUT2D eigenvalue weighted by Gasteiger charge is 2.40. The molecule has 0 amide bonds. The zero-order chi connectivity index (χ0) is 13.5. The maximum absolute atomic E-state index is 14.0. The molecule has 6 heteroatoms. The average molecular weight is 265 g/mol. The standard InChI is InChI=1S/C13H12FNO4/c14-10-11(17)8(5-9-12(10)19-7-18-9)13(15-6-16)3-1-2-4-13/h5,17H,1-4,7H2. The number of hydrogen-bond donors (Lipinski definition) is 1. The zero-order valence-electron chi connectivity index (χ0n) is 10.1. The van der Waals surface area contributed by atoms with Crippen molar-refractivity contribution in [2.45, 2.75) is 31.2 Å². The average Bonchev–Trinajstić information content (AvgIpc) is 3.03. The summed E-state index contributed by atoms with van der Waals surface area (Å²) in [5.74, 6) is -1.25. The van der Waals surface area contributed by atoms with Crippen molar-refractivity contribution in [3.63, 3.8) is 0 Å². The number of aliphatic imine (C=N–C) groups is 1. The predicted octanol–water partition coefficient (Wildman–Crippen LogP) is 2.37. The largest absolute Gasteiger partial charge is 0.504 e. The van der Waals surface area contributed by atoms with Crippen LogP contribution in [0.1, 0.15) is 31.2 Å². The normalized spacial score (nSPS) is 19.2. The van der Waals surface area contributed by atoms with Gasteiger partial charge in [0, 0.05) is 5.56 Å². The molecule has 0 radical (unpaired) electrons. The highest BCUT2D eigenvalue weighted by molar-refractivity contribution is 5.56. The molecule has 0 saturated heterocycles.